The topological polar surface area (TPSA) is 24.4 Å². The number of anilines is 1. The number of hydrogen-bond donors (Lipinski definition) is 1. The molecule has 104 valence electrons. The summed E-state index contributed by atoms with van der Waals surface area (Å²) in [7, 11) is 0. The zero-order valence-electron chi connectivity index (χ0n) is 12.0. The zero-order valence-corrected chi connectivity index (χ0v) is 12.8. The Morgan fingerprint density at radius 3 is 2.74 bits per heavy atom. The molecule has 4 heteroatoms. The maximum atomic E-state index is 13.8. The molecule has 19 heavy (non-hydrogen) atoms. The summed E-state index contributed by atoms with van der Waals surface area (Å²) < 4.78 is 13.8. The minimum absolute atomic E-state index is 0.153. The van der Waals surface area contributed by atoms with Gasteiger partial charge in [0.15, 0.2) is 5.17 Å². The van der Waals surface area contributed by atoms with Crippen molar-refractivity contribution in [2.45, 2.75) is 40.2 Å². The van der Waals surface area contributed by atoms with Crippen molar-refractivity contribution in [3.8, 4) is 0 Å². The first-order valence-corrected chi connectivity index (χ1v) is 7.58. The third-order valence-electron chi connectivity index (χ3n) is 3.27. The first kappa shape index (κ1) is 14.4. The van der Waals surface area contributed by atoms with Crippen molar-refractivity contribution in [2.24, 2.45) is 10.4 Å². The quantitative estimate of drug-likeness (QED) is 0.821. The first-order valence-electron chi connectivity index (χ1n) is 6.60. The molecule has 2 rings (SSSR count). The highest BCUT2D eigenvalue weighted by atomic mass is 32.2. The Hall–Kier alpha value is -1.03. The summed E-state index contributed by atoms with van der Waals surface area (Å²) in [5.41, 5.74) is 1.58. The Morgan fingerprint density at radius 1 is 1.37 bits per heavy atom. The largest absolute Gasteiger partial charge is 0.333 e. The van der Waals surface area contributed by atoms with E-state index in [0.717, 1.165) is 22.9 Å². The fourth-order valence-corrected chi connectivity index (χ4v) is 2.96. The molecule has 1 heterocycles. The van der Waals surface area contributed by atoms with E-state index in [1.54, 1.807) is 17.8 Å². The van der Waals surface area contributed by atoms with Crippen LogP contribution in [0.5, 0.6) is 0 Å². The smallest absolute Gasteiger partial charge is 0.161 e. The van der Waals surface area contributed by atoms with Crippen LogP contribution in [-0.4, -0.2) is 17.0 Å². The Morgan fingerprint density at radius 2 is 2.11 bits per heavy atom. The zero-order chi connectivity index (χ0) is 14.0. The van der Waals surface area contributed by atoms with Crippen molar-refractivity contribution in [2.75, 3.05) is 11.1 Å². The Balaban J connectivity index is 2.16. The Kier molecular flexibility index (Phi) is 4.19. The average Bonchev–Trinajstić information content (AvgIpc) is 2.32. The number of nitrogens with zero attached hydrogens (tertiary/aromatic N) is 1. The third-order valence-corrected chi connectivity index (χ3v) is 4.19. The van der Waals surface area contributed by atoms with Gasteiger partial charge in [0.25, 0.3) is 0 Å². The highest BCUT2D eigenvalue weighted by molar-refractivity contribution is 8.14. The van der Waals surface area contributed by atoms with Gasteiger partial charge in [-0.1, -0.05) is 38.6 Å². The van der Waals surface area contributed by atoms with Crippen LogP contribution in [0.1, 0.15) is 32.8 Å². The monoisotopic (exact) mass is 280 g/mol. The molecule has 0 amide bonds. The van der Waals surface area contributed by atoms with Gasteiger partial charge in [-0.2, -0.15) is 0 Å². The van der Waals surface area contributed by atoms with E-state index >= 15 is 0 Å². The normalized spacial score (nSPS) is 20.1. The fraction of sp³-hybridized carbons (Fsp3) is 0.533. The Labute approximate surface area is 118 Å². The van der Waals surface area contributed by atoms with E-state index in [1.807, 2.05) is 13.0 Å². The first-order chi connectivity index (χ1) is 8.86. The standard InChI is InChI=1S/C15H21FN2S/c1-10-5-6-12(11(16)9-10)17-14-18-13(7-8-19-14)15(2,3)4/h5-6,9,13H,7-8H2,1-4H3,(H,17,18). The molecule has 1 aromatic carbocycles. The van der Waals surface area contributed by atoms with Crippen LogP contribution in [0.15, 0.2) is 23.2 Å². The van der Waals surface area contributed by atoms with Crippen molar-refractivity contribution in [1.82, 2.24) is 0 Å². The summed E-state index contributed by atoms with van der Waals surface area (Å²) in [6, 6.07) is 5.51. The maximum Gasteiger partial charge on any atom is 0.161 e. The van der Waals surface area contributed by atoms with E-state index in [0.29, 0.717) is 11.7 Å². The summed E-state index contributed by atoms with van der Waals surface area (Å²) in [6.45, 7) is 8.47. The number of hydrogen-bond acceptors (Lipinski definition) is 3. The van der Waals surface area contributed by atoms with Gasteiger partial charge in [0.1, 0.15) is 5.82 Å². The Bertz CT molecular complexity index is 491. The van der Waals surface area contributed by atoms with Gasteiger partial charge in [0.2, 0.25) is 0 Å². The van der Waals surface area contributed by atoms with E-state index in [-0.39, 0.29) is 11.2 Å². The summed E-state index contributed by atoms with van der Waals surface area (Å²) in [6.07, 6.45) is 1.08. The molecule has 0 bridgehead atoms. The number of benzene rings is 1. The van der Waals surface area contributed by atoms with Crippen LogP contribution in [0.3, 0.4) is 0 Å². The van der Waals surface area contributed by atoms with Gasteiger partial charge in [-0.15, -0.1) is 0 Å². The second-order valence-corrected chi connectivity index (χ2v) is 7.15. The molecule has 0 aromatic heterocycles. The number of nitrogens with one attached hydrogen (secondary N) is 1. The van der Waals surface area contributed by atoms with Crippen LogP contribution in [-0.2, 0) is 0 Å². The van der Waals surface area contributed by atoms with Gasteiger partial charge < -0.3 is 5.32 Å². The van der Waals surface area contributed by atoms with E-state index < -0.39 is 0 Å². The average molecular weight is 280 g/mol. The lowest BCUT2D eigenvalue weighted by atomic mass is 9.85. The number of amidine groups is 1. The molecule has 0 fully saturated rings. The predicted molar refractivity (Wildman–Crippen MR) is 82.5 cm³/mol. The van der Waals surface area contributed by atoms with Crippen LogP contribution in [0.25, 0.3) is 0 Å². The second-order valence-electron chi connectivity index (χ2n) is 6.06. The molecule has 1 unspecified atom stereocenters. The molecule has 1 atom stereocenters. The van der Waals surface area contributed by atoms with Crippen molar-refractivity contribution < 1.29 is 4.39 Å². The molecule has 1 N–H and O–H groups in total. The van der Waals surface area contributed by atoms with Crippen LogP contribution < -0.4 is 5.32 Å². The summed E-state index contributed by atoms with van der Waals surface area (Å²) >= 11 is 1.66. The molecule has 0 saturated heterocycles. The lowest BCUT2D eigenvalue weighted by molar-refractivity contribution is 0.316. The van der Waals surface area contributed by atoms with Crippen molar-refractivity contribution in [3.63, 3.8) is 0 Å². The third kappa shape index (κ3) is 3.72. The highest BCUT2D eigenvalue weighted by Crippen LogP contribution is 2.31. The van der Waals surface area contributed by atoms with Gasteiger partial charge in [-0.3, -0.25) is 4.99 Å². The SMILES string of the molecule is Cc1ccc(NC2=NC(C(C)(C)C)CCS2)c(F)c1. The van der Waals surface area contributed by atoms with Gasteiger partial charge in [-0.25, -0.2) is 4.39 Å². The molecule has 2 nitrogen and oxygen atoms in total. The van der Waals surface area contributed by atoms with Crippen molar-refractivity contribution in [3.05, 3.63) is 29.6 Å². The molecular formula is C15H21FN2S. The van der Waals surface area contributed by atoms with Gasteiger partial charge >= 0.3 is 0 Å². The van der Waals surface area contributed by atoms with Gasteiger partial charge in [0, 0.05) is 5.75 Å². The number of thioether (sulfide) groups is 1. The van der Waals surface area contributed by atoms with Crippen molar-refractivity contribution >= 4 is 22.6 Å². The van der Waals surface area contributed by atoms with E-state index in [2.05, 4.69) is 26.1 Å². The lowest BCUT2D eigenvalue weighted by Gasteiger charge is -2.31. The highest BCUT2D eigenvalue weighted by Gasteiger charge is 2.27. The minimum Gasteiger partial charge on any atom is -0.333 e. The summed E-state index contributed by atoms with van der Waals surface area (Å²) in [5.74, 6) is 0.808. The van der Waals surface area contributed by atoms with E-state index in [1.165, 1.54) is 6.07 Å². The molecule has 0 saturated carbocycles. The molecular weight excluding hydrogens is 259 g/mol. The lowest BCUT2D eigenvalue weighted by Crippen LogP contribution is -2.30. The molecule has 0 radical (unpaired) electrons. The van der Waals surface area contributed by atoms with E-state index in [4.69, 9.17) is 4.99 Å². The van der Waals surface area contributed by atoms with Gasteiger partial charge in [-0.05, 0) is 36.5 Å². The number of aryl methyl sites for hydroxylation is 1. The molecule has 0 spiro atoms. The predicted octanol–water partition coefficient (Wildman–Crippen LogP) is 4.45. The summed E-state index contributed by atoms with van der Waals surface area (Å²) in [4.78, 5) is 4.71. The fourth-order valence-electron chi connectivity index (χ4n) is 2.04. The second kappa shape index (κ2) is 5.53. The maximum absolute atomic E-state index is 13.8. The number of halogens is 1. The van der Waals surface area contributed by atoms with Gasteiger partial charge in [0.05, 0.1) is 11.7 Å². The van der Waals surface area contributed by atoms with Crippen LogP contribution in [0.2, 0.25) is 0 Å². The van der Waals surface area contributed by atoms with E-state index in [9.17, 15) is 4.39 Å². The molecule has 1 aromatic rings. The van der Waals surface area contributed by atoms with Crippen LogP contribution in [0, 0.1) is 18.2 Å². The van der Waals surface area contributed by atoms with Crippen LogP contribution >= 0.6 is 11.8 Å². The number of aliphatic imine (C=N–C) groups is 1. The molecule has 1 aliphatic rings. The summed E-state index contributed by atoms with van der Waals surface area (Å²) in [5, 5.41) is 3.94. The minimum atomic E-state index is -0.221. The van der Waals surface area contributed by atoms with Crippen molar-refractivity contribution in [1.29, 1.82) is 0 Å². The molecule has 0 aliphatic carbocycles. The molecule has 1 aliphatic heterocycles. The number of rotatable bonds is 1. The van der Waals surface area contributed by atoms with Crippen LogP contribution in [0.4, 0.5) is 10.1 Å².